The molecule has 0 radical (unpaired) electrons. The van der Waals surface area contributed by atoms with Gasteiger partial charge in [0.15, 0.2) is 0 Å². The normalized spacial score (nSPS) is 12.1. The molecule has 4 rings (SSSR count). The van der Waals surface area contributed by atoms with Crippen LogP contribution in [0.3, 0.4) is 0 Å². The van der Waals surface area contributed by atoms with E-state index in [2.05, 4.69) is 29.6 Å². The molecule has 5 nitrogen and oxygen atoms in total. The van der Waals surface area contributed by atoms with E-state index in [4.69, 9.17) is 9.84 Å². The van der Waals surface area contributed by atoms with Gasteiger partial charge >= 0.3 is 12.1 Å². The summed E-state index contributed by atoms with van der Waals surface area (Å²) < 4.78 is 5.56. The van der Waals surface area contributed by atoms with Crippen LogP contribution < -0.4 is 5.32 Å². The van der Waals surface area contributed by atoms with E-state index in [0.29, 0.717) is 11.4 Å². The van der Waals surface area contributed by atoms with Gasteiger partial charge in [-0.2, -0.15) is 0 Å². The van der Waals surface area contributed by atoms with Crippen molar-refractivity contribution in [2.75, 3.05) is 17.7 Å². The summed E-state index contributed by atoms with van der Waals surface area (Å²) in [6.45, 7) is 0.257. The van der Waals surface area contributed by atoms with E-state index in [1.165, 1.54) is 34.0 Å². The number of thioether (sulfide) groups is 1. The zero-order valence-corrected chi connectivity index (χ0v) is 17.0. The van der Waals surface area contributed by atoms with Crippen molar-refractivity contribution in [1.29, 1.82) is 0 Å². The first-order chi connectivity index (χ1) is 14.6. The fourth-order valence-electron chi connectivity index (χ4n) is 3.67. The molecule has 3 aromatic rings. The minimum Gasteiger partial charge on any atom is -0.481 e. The van der Waals surface area contributed by atoms with Gasteiger partial charge in [-0.1, -0.05) is 54.6 Å². The number of fused-ring (bicyclic) bond motifs is 3. The second kappa shape index (κ2) is 9.05. The summed E-state index contributed by atoms with van der Waals surface area (Å²) in [5.74, 6) is -0.333. The molecule has 1 aliphatic carbocycles. The first-order valence-electron chi connectivity index (χ1n) is 9.68. The predicted octanol–water partition coefficient (Wildman–Crippen LogP) is 5.61. The second-order valence-electron chi connectivity index (χ2n) is 6.97. The van der Waals surface area contributed by atoms with Crippen molar-refractivity contribution >= 4 is 29.5 Å². The molecular weight excluding hydrogens is 398 g/mol. The van der Waals surface area contributed by atoms with Gasteiger partial charge in [0.1, 0.15) is 6.61 Å². The summed E-state index contributed by atoms with van der Waals surface area (Å²) in [7, 11) is 0. The van der Waals surface area contributed by atoms with Gasteiger partial charge in [-0.25, -0.2) is 4.79 Å². The number of aliphatic carboxylic acids is 1. The number of carbonyl (C=O) groups excluding carboxylic acids is 1. The number of anilines is 1. The van der Waals surface area contributed by atoms with E-state index < -0.39 is 12.1 Å². The lowest BCUT2D eigenvalue weighted by Gasteiger charge is -2.14. The Morgan fingerprint density at radius 2 is 1.60 bits per heavy atom. The number of ether oxygens (including phenoxy) is 1. The standard InChI is InChI=1S/C24H21NO4S/c26-23(27)12-13-30-17-7-5-6-16(14-17)25-24(28)29-15-22-20-10-3-1-8-18(20)19-9-2-4-11-21(19)22/h1-11,14,22H,12-13,15H2,(H,25,28)(H,26,27). The molecule has 1 aliphatic rings. The Morgan fingerprint density at radius 1 is 0.933 bits per heavy atom. The maximum absolute atomic E-state index is 12.4. The molecule has 0 saturated carbocycles. The maximum Gasteiger partial charge on any atom is 0.411 e. The number of nitrogens with one attached hydrogen (secondary N) is 1. The molecule has 0 heterocycles. The average Bonchev–Trinajstić information content (AvgIpc) is 3.06. The van der Waals surface area contributed by atoms with Crippen molar-refractivity contribution in [2.24, 2.45) is 0 Å². The molecule has 0 spiro atoms. The maximum atomic E-state index is 12.4. The predicted molar refractivity (Wildman–Crippen MR) is 118 cm³/mol. The van der Waals surface area contributed by atoms with Crippen molar-refractivity contribution in [1.82, 2.24) is 0 Å². The summed E-state index contributed by atoms with van der Waals surface area (Å²) in [5, 5.41) is 11.5. The first-order valence-corrected chi connectivity index (χ1v) is 10.7. The number of carbonyl (C=O) groups is 2. The number of carboxylic acids is 1. The first kappa shape index (κ1) is 20.0. The highest BCUT2D eigenvalue weighted by molar-refractivity contribution is 7.99. The third-order valence-corrected chi connectivity index (χ3v) is 6.00. The van der Waals surface area contributed by atoms with Crippen molar-refractivity contribution in [2.45, 2.75) is 17.2 Å². The molecule has 30 heavy (non-hydrogen) atoms. The fourth-order valence-corrected chi connectivity index (χ4v) is 4.57. The minimum atomic E-state index is -0.824. The molecule has 1 amide bonds. The van der Waals surface area contributed by atoms with Gasteiger partial charge in [-0.3, -0.25) is 10.1 Å². The van der Waals surface area contributed by atoms with Crippen LogP contribution in [-0.4, -0.2) is 29.5 Å². The largest absolute Gasteiger partial charge is 0.481 e. The molecular formula is C24H21NO4S. The van der Waals surface area contributed by atoms with Crippen LogP contribution in [0.15, 0.2) is 77.7 Å². The Labute approximate surface area is 179 Å². The molecule has 0 saturated heterocycles. The molecule has 152 valence electrons. The molecule has 6 heteroatoms. The Kier molecular flexibility index (Phi) is 6.05. The van der Waals surface area contributed by atoms with Crippen LogP contribution in [0, 0.1) is 0 Å². The molecule has 0 aromatic heterocycles. The number of carboxylic acid groups (broad SMARTS) is 1. The monoisotopic (exact) mass is 419 g/mol. The van der Waals surface area contributed by atoms with Gasteiger partial charge < -0.3 is 9.84 Å². The number of amides is 1. The third kappa shape index (κ3) is 4.49. The number of benzene rings is 3. The molecule has 0 aliphatic heterocycles. The van der Waals surface area contributed by atoms with Gasteiger partial charge in [-0.15, -0.1) is 11.8 Å². The van der Waals surface area contributed by atoms with Crippen molar-refractivity contribution in [3.63, 3.8) is 0 Å². The quantitative estimate of drug-likeness (QED) is 0.487. The van der Waals surface area contributed by atoms with Crippen LogP contribution in [0.4, 0.5) is 10.5 Å². The van der Waals surface area contributed by atoms with Crippen molar-refractivity contribution in [3.05, 3.63) is 83.9 Å². The molecule has 0 fully saturated rings. The Balaban J connectivity index is 1.38. The highest BCUT2D eigenvalue weighted by Gasteiger charge is 2.28. The van der Waals surface area contributed by atoms with Crippen LogP contribution in [-0.2, 0) is 9.53 Å². The minimum absolute atomic E-state index is 0.0149. The van der Waals surface area contributed by atoms with Gasteiger partial charge in [0.05, 0.1) is 6.42 Å². The zero-order valence-electron chi connectivity index (χ0n) is 16.2. The zero-order chi connectivity index (χ0) is 20.9. The van der Waals surface area contributed by atoms with Crippen molar-refractivity contribution in [3.8, 4) is 11.1 Å². The van der Waals surface area contributed by atoms with E-state index in [-0.39, 0.29) is 18.9 Å². The van der Waals surface area contributed by atoms with Crippen LogP contribution in [0.2, 0.25) is 0 Å². The number of rotatable bonds is 7. The summed E-state index contributed by atoms with van der Waals surface area (Å²) in [4.78, 5) is 23.9. The summed E-state index contributed by atoms with van der Waals surface area (Å²) >= 11 is 1.44. The van der Waals surface area contributed by atoms with Crippen molar-refractivity contribution < 1.29 is 19.4 Å². The lowest BCUT2D eigenvalue weighted by molar-refractivity contribution is -0.136. The highest BCUT2D eigenvalue weighted by Crippen LogP contribution is 2.44. The lowest BCUT2D eigenvalue weighted by Crippen LogP contribution is -2.17. The summed E-state index contributed by atoms with van der Waals surface area (Å²) in [6.07, 6.45) is -0.418. The SMILES string of the molecule is O=C(O)CCSc1cccc(NC(=O)OCC2c3ccccc3-c3ccccc32)c1. The van der Waals surface area contributed by atoms with E-state index >= 15 is 0 Å². The highest BCUT2D eigenvalue weighted by atomic mass is 32.2. The second-order valence-corrected chi connectivity index (χ2v) is 8.14. The third-order valence-electron chi connectivity index (χ3n) is 5.01. The van der Waals surface area contributed by atoms with E-state index in [0.717, 1.165) is 4.90 Å². The molecule has 0 bridgehead atoms. The average molecular weight is 420 g/mol. The molecule has 3 aromatic carbocycles. The van der Waals surface area contributed by atoms with E-state index in [1.54, 1.807) is 6.07 Å². The van der Waals surface area contributed by atoms with E-state index in [9.17, 15) is 9.59 Å². The Bertz CT molecular complexity index is 1040. The van der Waals surface area contributed by atoms with Crippen LogP contribution >= 0.6 is 11.8 Å². The number of hydrogen-bond donors (Lipinski definition) is 2. The van der Waals surface area contributed by atoms with Gasteiger partial charge in [0.2, 0.25) is 0 Å². The number of hydrogen-bond acceptors (Lipinski definition) is 4. The topological polar surface area (TPSA) is 75.6 Å². The van der Waals surface area contributed by atoms with Gasteiger partial charge in [0, 0.05) is 22.3 Å². The smallest absolute Gasteiger partial charge is 0.411 e. The molecule has 0 atom stereocenters. The Hall–Kier alpha value is -3.25. The molecule has 0 unspecified atom stereocenters. The van der Waals surface area contributed by atoms with Crippen LogP contribution in [0.1, 0.15) is 23.5 Å². The van der Waals surface area contributed by atoms with E-state index in [1.807, 2.05) is 42.5 Å². The van der Waals surface area contributed by atoms with Gasteiger partial charge in [-0.05, 0) is 40.5 Å². The lowest BCUT2D eigenvalue weighted by atomic mass is 9.98. The van der Waals surface area contributed by atoms with Crippen LogP contribution in [0.5, 0.6) is 0 Å². The van der Waals surface area contributed by atoms with Gasteiger partial charge in [0.25, 0.3) is 0 Å². The fraction of sp³-hybridized carbons (Fsp3) is 0.167. The summed E-state index contributed by atoms with van der Waals surface area (Å²) in [5.41, 5.74) is 5.33. The Morgan fingerprint density at radius 3 is 2.27 bits per heavy atom. The summed E-state index contributed by atoms with van der Waals surface area (Å²) in [6, 6.07) is 23.7. The van der Waals surface area contributed by atoms with Crippen LogP contribution in [0.25, 0.3) is 11.1 Å². The molecule has 2 N–H and O–H groups in total.